The van der Waals surface area contributed by atoms with Gasteiger partial charge in [0.2, 0.25) is 0 Å². The summed E-state index contributed by atoms with van der Waals surface area (Å²) in [5.41, 5.74) is 7.73. The van der Waals surface area contributed by atoms with Crippen molar-refractivity contribution in [2.75, 3.05) is 5.73 Å². The van der Waals surface area contributed by atoms with Gasteiger partial charge in [0.25, 0.3) is 5.91 Å². The first-order valence-electron chi connectivity index (χ1n) is 9.61. The zero-order valence-electron chi connectivity index (χ0n) is 17.0. The van der Waals surface area contributed by atoms with E-state index in [-0.39, 0.29) is 12.5 Å². The van der Waals surface area contributed by atoms with Crippen molar-refractivity contribution in [3.8, 4) is 6.07 Å². The van der Waals surface area contributed by atoms with Crippen molar-refractivity contribution < 1.29 is 4.79 Å². The largest absolute Gasteiger partial charge is 0.383 e. The second-order valence-electron chi connectivity index (χ2n) is 6.99. The Balaban J connectivity index is 1.72. The molecule has 0 aliphatic carbocycles. The number of nitrogens with zero attached hydrogens (tertiary/aromatic N) is 7. The van der Waals surface area contributed by atoms with E-state index < -0.39 is 6.04 Å². The number of hydrogen-bond acceptors (Lipinski definition) is 8. The van der Waals surface area contributed by atoms with Gasteiger partial charge in [-0.3, -0.25) is 9.78 Å². The Kier molecular flexibility index (Phi) is 6.00. The monoisotopic (exact) mass is 488 g/mol. The van der Waals surface area contributed by atoms with E-state index in [0.29, 0.717) is 44.0 Å². The van der Waals surface area contributed by atoms with E-state index in [2.05, 4.69) is 40.8 Å². The van der Waals surface area contributed by atoms with E-state index in [1.165, 1.54) is 12.4 Å². The van der Waals surface area contributed by atoms with Crippen LogP contribution in [0.25, 0.3) is 11.0 Å². The van der Waals surface area contributed by atoms with Gasteiger partial charge in [0.15, 0.2) is 5.65 Å². The number of fused-ring (bicyclic) bond motifs is 1. The van der Waals surface area contributed by atoms with Crippen LogP contribution in [0.4, 0.5) is 5.82 Å². The number of anilines is 1. The molecule has 4 aromatic heterocycles. The Morgan fingerprint density at radius 2 is 1.97 bits per heavy atom. The fourth-order valence-corrected chi connectivity index (χ4v) is 3.48. The van der Waals surface area contributed by atoms with E-state index in [9.17, 15) is 4.79 Å². The molecule has 0 radical (unpaired) electrons. The number of pyridine rings is 3. The minimum Gasteiger partial charge on any atom is -0.383 e. The summed E-state index contributed by atoms with van der Waals surface area (Å²) < 4.78 is 0.626. The number of nitrogens with two attached hydrogens (primary N) is 1. The van der Waals surface area contributed by atoms with Gasteiger partial charge in [0, 0.05) is 30.2 Å². The molecule has 9 nitrogen and oxygen atoms in total. The molecule has 2 N–H and O–H groups in total. The fourth-order valence-electron chi connectivity index (χ4n) is 3.14. The molecule has 4 heterocycles. The Bertz CT molecular complexity index is 1320. The van der Waals surface area contributed by atoms with Crippen molar-refractivity contribution >= 4 is 38.7 Å². The molecule has 0 spiro atoms. The third kappa shape index (κ3) is 4.38. The Hall–Kier alpha value is -3.97. The van der Waals surface area contributed by atoms with Gasteiger partial charge in [0.1, 0.15) is 17.7 Å². The SMILES string of the molecule is CC(c1ncccn1)N(Cc1ccc(C#N)cn1)C(=O)c1cnc2nc(N)c(Br)cc2c1. The number of hydrogen-bond donors (Lipinski definition) is 1. The number of carbonyl (C=O) groups excluding carboxylic acids is 1. The zero-order valence-corrected chi connectivity index (χ0v) is 18.6. The summed E-state index contributed by atoms with van der Waals surface area (Å²) in [4.78, 5) is 36.6. The lowest BCUT2D eigenvalue weighted by Crippen LogP contribution is -2.34. The van der Waals surface area contributed by atoms with Gasteiger partial charge in [-0.1, -0.05) is 0 Å². The van der Waals surface area contributed by atoms with Crippen LogP contribution in [-0.2, 0) is 6.54 Å². The standard InChI is InChI=1S/C22H17BrN8O/c1-13(20-26-5-2-6-27-20)31(12-17-4-3-14(9-24)10-28-17)22(32)16-7-15-8-18(23)19(25)30-21(15)29-11-16/h2-8,10-11,13H,12H2,1H3,(H2,25,29,30). The molecule has 0 saturated heterocycles. The van der Waals surface area contributed by atoms with Gasteiger partial charge < -0.3 is 10.6 Å². The molecular formula is C22H17BrN8O. The summed E-state index contributed by atoms with van der Waals surface area (Å²) in [6.07, 6.45) is 6.22. The third-order valence-electron chi connectivity index (χ3n) is 4.87. The average Bonchev–Trinajstić information content (AvgIpc) is 2.83. The zero-order chi connectivity index (χ0) is 22.7. The summed E-state index contributed by atoms with van der Waals surface area (Å²) >= 11 is 3.36. The predicted octanol–water partition coefficient (Wildman–Crippen LogP) is 3.43. The van der Waals surface area contributed by atoms with Crippen molar-refractivity contribution in [1.82, 2.24) is 29.8 Å². The van der Waals surface area contributed by atoms with Crippen molar-refractivity contribution in [1.29, 1.82) is 5.26 Å². The highest BCUT2D eigenvalue weighted by atomic mass is 79.9. The van der Waals surface area contributed by atoms with Gasteiger partial charge in [-0.15, -0.1) is 0 Å². The maximum Gasteiger partial charge on any atom is 0.256 e. The second-order valence-corrected chi connectivity index (χ2v) is 7.85. The van der Waals surface area contributed by atoms with Gasteiger partial charge in [-0.05, 0) is 53.2 Å². The fraction of sp³-hybridized carbons (Fsp3) is 0.136. The number of carbonyl (C=O) groups is 1. The molecule has 1 atom stereocenters. The molecule has 10 heteroatoms. The minimum absolute atomic E-state index is 0.200. The first-order valence-corrected chi connectivity index (χ1v) is 10.4. The molecule has 0 bridgehead atoms. The van der Waals surface area contributed by atoms with E-state index in [1.54, 1.807) is 47.6 Å². The minimum atomic E-state index is -0.437. The van der Waals surface area contributed by atoms with Crippen LogP contribution in [-0.4, -0.2) is 35.7 Å². The summed E-state index contributed by atoms with van der Waals surface area (Å²) in [6.45, 7) is 2.05. The van der Waals surface area contributed by atoms with E-state index in [4.69, 9.17) is 11.0 Å². The van der Waals surface area contributed by atoms with Gasteiger partial charge in [-0.2, -0.15) is 5.26 Å². The number of rotatable bonds is 5. The highest BCUT2D eigenvalue weighted by Crippen LogP contribution is 2.25. The van der Waals surface area contributed by atoms with Gasteiger partial charge in [0.05, 0.1) is 33.9 Å². The molecule has 4 aromatic rings. The third-order valence-corrected chi connectivity index (χ3v) is 5.50. The van der Waals surface area contributed by atoms with Crippen LogP contribution in [0.5, 0.6) is 0 Å². The number of amides is 1. The number of aromatic nitrogens is 5. The second kappa shape index (κ2) is 9.03. The first-order chi connectivity index (χ1) is 15.5. The number of nitriles is 1. The highest BCUT2D eigenvalue weighted by molar-refractivity contribution is 9.10. The maximum absolute atomic E-state index is 13.6. The lowest BCUT2D eigenvalue weighted by molar-refractivity contribution is 0.0663. The van der Waals surface area contributed by atoms with Crippen LogP contribution in [0.15, 0.2) is 59.6 Å². The predicted molar refractivity (Wildman–Crippen MR) is 121 cm³/mol. The van der Waals surface area contributed by atoms with Crippen molar-refractivity contribution in [3.63, 3.8) is 0 Å². The molecule has 0 aliphatic rings. The summed E-state index contributed by atoms with van der Waals surface area (Å²) in [5, 5.41) is 9.69. The van der Waals surface area contributed by atoms with E-state index in [0.717, 1.165) is 0 Å². The van der Waals surface area contributed by atoms with Crippen LogP contribution in [0.3, 0.4) is 0 Å². The molecule has 1 amide bonds. The van der Waals surface area contributed by atoms with E-state index in [1.807, 2.05) is 13.0 Å². The Labute approximate surface area is 192 Å². The topological polar surface area (TPSA) is 135 Å². The molecule has 4 rings (SSSR count). The average molecular weight is 489 g/mol. The molecule has 0 aliphatic heterocycles. The first kappa shape index (κ1) is 21.3. The molecule has 1 unspecified atom stereocenters. The summed E-state index contributed by atoms with van der Waals surface area (Å²) in [5.74, 6) is 0.561. The normalized spacial score (nSPS) is 11.7. The van der Waals surface area contributed by atoms with Gasteiger partial charge in [-0.25, -0.2) is 19.9 Å². The molecular weight excluding hydrogens is 472 g/mol. The maximum atomic E-state index is 13.6. The van der Waals surface area contributed by atoms with Crippen molar-refractivity contribution in [2.45, 2.75) is 19.5 Å². The molecule has 158 valence electrons. The number of nitrogen functional groups attached to an aromatic ring is 1. The van der Waals surface area contributed by atoms with Crippen molar-refractivity contribution in [2.24, 2.45) is 0 Å². The smallest absolute Gasteiger partial charge is 0.256 e. The molecule has 32 heavy (non-hydrogen) atoms. The van der Waals surface area contributed by atoms with Crippen LogP contribution in [0, 0.1) is 11.3 Å². The highest BCUT2D eigenvalue weighted by Gasteiger charge is 2.26. The summed E-state index contributed by atoms with van der Waals surface area (Å²) in [6, 6.07) is 10.2. The van der Waals surface area contributed by atoms with E-state index >= 15 is 0 Å². The van der Waals surface area contributed by atoms with Crippen LogP contribution >= 0.6 is 15.9 Å². The van der Waals surface area contributed by atoms with Crippen LogP contribution < -0.4 is 5.73 Å². The summed E-state index contributed by atoms with van der Waals surface area (Å²) in [7, 11) is 0. The molecule has 0 fully saturated rings. The molecule has 0 saturated carbocycles. The lowest BCUT2D eigenvalue weighted by Gasteiger charge is -2.28. The molecule has 0 aromatic carbocycles. The Morgan fingerprint density at radius 3 is 2.66 bits per heavy atom. The quantitative estimate of drug-likeness (QED) is 0.451. The van der Waals surface area contributed by atoms with Crippen molar-refractivity contribution in [3.05, 3.63) is 82.2 Å². The van der Waals surface area contributed by atoms with Gasteiger partial charge >= 0.3 is 0 Å². The lowest BCUT2D eigenvalue weighted by atomic mass is 10.1. The van der Waals surface area contributed by atoms with Crippen LogP contribution in [0.1, 0.15) is 40.4 Å². The van der Waals surface area contributed by atoms with Crippen LogP contribution in [0.2, 0.25) is 0 Å². The Morgan fingerprint density at radius 1 is 1.19 bits per heavy atom. The number of halogens is 1.